The van der Waals surface area contributed by atoms with Crippen LogP contribution >= 0.6 is 0 Å². The molecule has 1 unspecified atom stereocenters. The van der Waals surface area contributed by atoms with Crippen LogP contribution < -0.4 is 10.5 Å². The summed E-state index contributed by atoms with van der Waals surface area (Å²) in [6.45, 7) is 1.62. The van der Waals surface area contributed by atoms with Gasteiger partial charge in [0.05, 0.1) is 7.11 Å². The van der Waals surface area contributed by atoms with Gasteiger partial charge in [-0.15, -0.1) is 0 Å². The SMILES string of the molecule is COc1cccc(CC2(N)CCCOCC2)c1. The van der Waals surface area contributed by atoms with Gasteiger partial charge in [-0.05, 0) is 43.4 Å². The average Bonchev–Trinajstić information content (AvgIpc) is 2.54. The summed E-state index contributed by atoms with van der Waals surface area (Å²) in [5.41, 5.74) is 7.58. The molecule has 0 aliphatic carbocycles. The van der Waals surface area contributed by atoms with Gasteiger partial charge in [-0.3, -0.25) is 0 Å². The lowest BCUT2D eigenvalue weighted by Gasteiger charge is -2.27. The van der Waals surface area contributed by atoms with Crippen molar-refractivity contribution in [1.82, 2.24) is 0 Å². The molecule has 0 radical (unpaired) electrons. The minimum atomic E-state index is -0.122. The Hall–Kier alpha value is -1.06. The first-order valence-corrected chi connectivity index (χ1v) is 6.21. The summed E-state index contributed by atoms with van der Waals surface area (Å²) in [6, 6.07) is 8.16. The molecule has 94 valence electrons. The normalized spacial score (nSPS) is 25.3. The summed E-state index contributed by atoms with van der Waals surface area (Å²) in [7, 11) is 1.69. The third-order valence-corrected chi connectivity index (χ3v) is 3.40. The van der Waals surface area contributed by atoms with Crippen LogP contribution in [0.15, 0.2) is 24.3 Å². The maximum atomic E-state index is 6.46. The second-order valence-electron chi connectivity index (χ2n) is 4.86. The number of hydrogen-bond donors (Lipinski definition) is 1. The molecule has 0 spiro atoms. The second-order valence-corrected chi connectivity index (χ2v) is 4.86. The maximum absolute atomic E-state index is 6.46. The summed E-state index contributed by atoms with van der Waals surface area (Å²) >= 11 is 0. The van der Waals surface area contributed by atoms with E-state index in [1.807, 2.05) is 12.1 Å². The molecule has 1 fully saturated rings. The summed E-state index contributed by atoms with van der Waals surface area (Å²) < 4.78 is 10.7. The van der Waals surface area contributed by atoms with Gasteiger partial charge in [-0.1, -0.05) is 12.1 Å². The van der Waals surface area contributed by atoms with Gasteiger partial charge in [0.2, 0.25) is 0 Å². The zero-order valence-corrected chi connectivity index (χ0v) is 10.4. The third kappa shape index (κ3) is 3.45. The van der Waals surface area contributed by atoms with Crippen molar-refractivity contribution < 1.29 is 9.47 Å². The molecule has 1 saturated heterocycles. The Morgan fingerprint density at radius 1 is 1.35 bits per heavy atom. The highest BCUT2D eigenvalue weighted by molar-refractivity contribution is 5.29. The van der Waals surface area contributed by atoms with E-state index in [-0.39, 0.29) is 5.54 Å². The lowest BCUT2D eigenvalue weighted by molar-refractivity contribution is 0.139. The van der Waals surface area contributed by atoms with Crippen LogP contribution in [0.3, 0.4) is 0 Å². The van der Waals surface area contributed by atoms with Crippen molar-refractivity contribution >= 4 is 0 Å². The van der Waals surface area contributed by atoms with Crippen LogP contribution in [0.25, 0.3) is 0 Å². The maximum Gasteiger partial charge on any atom is 0.119 e. The van der Waals surface area contributed by atoms with Crippen molar-refractivity contribution in [2.75, 3.05) is 20.3 Å². The van der Waals surface area contributed by atoms with Crippen molar-refractivity contribution in [2.24, 2.45) is 5.73 Å². The van der Waals surface area contributed by atoms with Gasteiger partial charge in [0.1, 0.15) is 5.75 Å². The molecule has 1 aliphatic rings. The molecule has 1 aliphatic heterocycles. The molecular weight excluding hydrogens is 214 g/mol. The van der Waals surface area contributed by atoms with E-state index in [0.29, 0.717) is 0 Å². The molecule has 3 heteroatoms. The summed E-state index contributed by atoms with van der Waals surface area (Å²) in [5.74, 6) is 0.899. The zero-order valence-electron chi connectivity index (χ0n) is 10.4. The lowest BCUT2D eigenvalue weighted by atomic mass is 9.85. The van der Waals surface area contributed by atoms with E-state index in [1.165, 1.54) is 5.56 Å². The van der Waals surface area contributed by atoms with E-state index in [2.05, 4.69) is 12.1 Å². The highest BCUT2D eigenvalue weighted by Gasteiger charge is 2.26. The summed E-state index contributed by atoms with van der Waals surface area (Å²) in [6.07, 6.45) is 3.92. The number of rotatable bonds is 3. The monoisotopic (exact) mass is 235 g/mol. The molecule has 0 amide bonds. The molecule has 3 nitrogen and oxygen atoms in total. The Morgan fingerprint density at radius 2 is 2.24 bits per heavy atom. The fourth-order valence-corrected chi connectivity index (χ4v) is 2.39. The number of nitrogens with two attached hydrogens (primary N) is 1. The first kappa shape index (κ1) is 12.4. The van der Waals surface area contributed by atoms with E-state index in [0.717, 1.165) is 44.6 Å². The predicted octanol–water partition coefficient (Wildman–Crippen LogP) is 2.14. The van der Waals surface area contributed by atoms with E-state index in [1.54, 1.807) is 7.11 Å². The second kappa shape index (κ2) is 5.52. The van der Waals surface area contributed by atoms with E-state index < -0.39 is 0 Å². The number of methoxy groups -OCH3 is 1. The minimum absolute atomic E-state index is 0.122. The molecule has 1 aromatic carbocycles. The number of ether oxygens (including phenoxy) is 2. The fourth-order valence-electron chi connectivity index (χ4n) is 2.39. The highest BCUT2D eigenvalue weighted by Crippen LogP contribution is 2.24. The Balaban J connectivity index is 2.07. The van der Waals surface area contributed by atoms with Crippen molar-refractivity contribution in [1.29, 1.82) is 0 Å². The lowest BCUT2D eigenvalue weighted by Crippen LogP contribution is -2.42. The van der Waals surface area contributed by atoms with Crippen molar-refractivity contribution in [3.05, 3.63) is 29.8 Å². The minimum Gasteiger partial charge on any atom is -0.497 e. The van der Waals surface area contributed by atoms with Gasteiger partial charge >= 0.3 is 0 Å². The Labute approximate surface area is 103 Å². The van der Waals surface area contributed by atoms with E-state index in [4.69, 9.17) is 15.2 Å². The first-order chi connectivity index (χ1) is 8.22. The summed E-state index contributed by atoms with van der Waals surface area (Å²) in [5, 5.41) is 0. The Kier molecular flexibility index (Phi) is 4.02. The molecule has 0 saturated carbocycles. The largest absolute Gasteiger partial charge is 0.497 e. The fraction of sp³-hybridized carbons (Fsp3) is 0.571. The molecule has 17 heavy (non-hydrogen) atoms. The Bertz CT molecular complexity index is 357. The number of benzene rings is 1. The molecule has 0 bridgehead atoms. The molecule has 0 aromatic heterocycles. The van der Waals surface area contributed by atoms with Gasteiger partial charge in [0.15, 0.2) is 0 Å². The topological polar surface area (TPSA) is 44.5 Å². The van der Waals surface area contributed by atoms with Gasteiger partial charge in [0, 0.05) is 18.8 Å². The number of hydrogen-bond acceptors (Lipinski definition) is 3. The van der Waals surface area contributed by atoms with Crippen molar-refractivity contribution in [3.63, 3.8) is 0 Å². The summed E-state index contributed by atoms with van der Waals surface area (Å²) in [4.78, 5) is 0. The predicted molar refractivity (Wildman–Crippen MR) is 68.3 cm³/mol. The van der Waals surface area contributed by atoms with Crippen molar-refractivity contribution in [3.8, 4) is 5.75 Å². The Morgan fingerprint density at radius 3 is 3.06 bits per heavy atom. The van der Waals surface area contributed by atoms with Crippen LogP contribution in [-0.4, -0.2) is 25.9 Å². The molecular formula is C14H21NO2. The van der Waals surface area contributed by atoms with E-state index >= 15 is 0 Å². The first-order valence-electron chi connectivity index (χ1n) is 6.21. The van der Waals surface area contributed by atoms with Gasteiger partial charge < -0.3 is 15.2 Å². The van der Waals surface area contributed by atoms with Gasteiger partial charge in [0.25, 0.3) is 0 Å². The highest BCUT2D eigenvalue weighted by atomic mass is 16.5. The van der Waals surface area contributed by atoms with Crippen molar-refractivity contribution in [2.45, 2.75) is 31.2 Å². The standard InChI is InChI=1S/C14H21NO2/c1-16-13-5-2-4-12(10-13)11-14(15)6-3-8-17-9-7-14/h2,4-5,10H,3,6-9,11,15H2,1H3. The van der Waals surface area contributed by atoms with Gasteiger partial charge in [-0.2, -0.15) is 0 Å². The quantitative estimate of drug-likeness (QED) is 0.873. The molecule has 1 aromatic rings. The molecule has 2 rings (SSSR count). The van der Waals surface area contributed by atoms with Crippen LogP contribution in [-0.2, 0) is 11.2 Å². The van der Waals surface area contributed by atoms with Crippen LogP contribution in [0.5, 0.6) is 5.75 Å². The molecule has 1 heterocycles. The smallest absolute Gasteiger partial charge is 0.119 e. The third-order valence-electron chi connectivity index (χ3n) is 3.40. The van der Waals surface area contributed by atoms with E-state index in [9.17, 15) is 0 Å². The van der Waals surface area contributed by atoms with Crippen LogP contribution in [0, 0.1) is 0 Å². The van der Waals surface area contributed by atoms with Crippen LogP contribution in [0.1, 0.15) is 24.8 Å². The zero-order chi connectivity index (χ0) is 12.1. The average molecular weight is 235 g/mol. The molecule has 1 atom stereocenters. The molecule has 2 N–H and O–H groups in total. The van der Waals surface area contributed by atoms with Crippen LogP contribution in [0.2, 0.25) is 0 Å². The van der Waals surface area contributed by atoms with Crippen LogP contribution in [0.4, 0.5) is 0 Å². The van der Waals surface area contributed by atoms with Gasteiger partial charge in [-0.25, -0.2) is 0 Å².